The van der Waals surface area contributed by atoms with E-state index in [2.05, 4.69) is 25.9 Å². The van der Waals surface area contributed by atoms with E-state index in [-0.39, 0.29) is 49.3 Å². The number of hydrogen-bond acceptors (Lipinski definition) is 13. The topological polar surface area (TPSA) is 182 Å². The minimum atomic E-state index is -4.58. The third-order valence-electron chi connectivity index (χ3n) is 16.2. The minimum absolute atomic E-state index is 0.0519. The number of carbonyl (C=O) groups is 4. The van der Waals surface area contributed by atoms with Crippen molar-refractivity contribution >= 4 is 45.9 Å². The molecule has 8 heterocycles. The Morgan fingerprint density at radius 1 is 1.04 bits per heavy atom. The van der Waals surface area contributed by atoms with Crippen molar-refractivity contribution in [3.8, 4) is 22.5 Å². The van der Waals surface area contributed by atoms with Gasteiger partial charge < -0.3 is 29.0 Å². The van der Waals surface area contributed by atoms with Gasteiger partial charge in [0.15, 0.2) is 0 Å². The van der Waals surface area contributed by atoms with Crippen LogP contribution in [0.25, 0.3) is 33.4 Å². The maximum Gasteiger partial charge on any atom is 0.406 e. The van der Waals surface area contributed by atoms with Crippen LogP contribution in [0.15, 0.2) is 41.9 Å². The lowest BCUT2D eigenvalue weighted by molar-refractivity contribution is -0.197. The number of esters is 1. The van der Waals surface area contributed by atoms with Gasteiger partial charge in [-0.05, 0) is 93.5 Å². The second-order valence-electron chi connectivity index (χ2n) is 22.4. The molecule has 6 atom stereocenters. The molecular weight excluding hydrogens is 964 g/mol. The predicted octanol–water partition coefficient (Wildman–Crippen LogP) is 5.97. The van der Waals surface area contributed by atoms with E-state index in [4.69, 9.17) is 19.2 Å². The van der Waals surface area contributed by atoms with E-state index in [9.17, 15) is 27.6 Å². The second kappa shape index (κ2) is 19.6. The van der Waals surface area contributed by atoms with Crippen LogP contribution in [0.5, 0.6) is 0 Å². The Morgan fingerprint density at radius 3 is 2.59 bits per heavy atom. The van der Waals surface area contributed by atoms with Crippen LogP contribution in [0, 0.1) is 17.3 Å². The number of morpholine rings is 1. The molecule has 7 aliphatic rings. The van der Waals surface area contributed by atoms with E-state index < -0.39 is 59.8 Å². The smallest absolute Gasteiger partial charge is 0.406 e. The molecule has 3 N–H and O–H groups in total. The number of nitrogens with zero attached hydrogens (tertiary/aromatic N) is 6. The molecule has 20 heteroatoms. The molecule has 16 nitrogen and oxygen atoms in total. The van der Waals surface area contributed by atoms with Crippen molar-refractivity contribution in [2.75, 3.05) is 53.0 Å². The molecule has 392 valence electrons. The molecule has 3 amide bonds. The molecule has 2 unspecified atom stereocenters. The molecule has 5 aliphatic heterocycles. The van der Waals surface area contributed by atoms with Gasteiger partial charge in [0.05, 0.1) is 60.5 Å². The molecule has 4 saturated heterocycles. The van der Waals surface area contributed by atoms with E-state index in [0.717, 1.165) is 25.7 Å². The largest absolute Gasteiger partial charge is 0.464 e. The third-order valence-corrected chi connectivity index (χ3v) is 17.1. The van der Waals surface area contributed by atoms with Gasteiger partial charge >= 0.3 is 12.1 Å². The molecular formula is C53H66F3N9O7S. The van der Waals surface area contributed by atoms with Crippen molar-refractivity contribution < 1.29 is 46.6 Å². The molecule has 2 aliphatic carbocycles. The molecule has 1 spiro atoms. The van der Waals surface area contributed by atoms with E-state index in [1.807, 2.05) is 30.2 Å². The van der Waals surface area contributed by atoms with Gasteiger partial charge in [0.1, 0.15) is 30.3 Å². The number of hydrogen-bond donors (Lipinski definition) is 3. The lowest BCUT2D eigenvalue weighted by Crippen LogP contribution is -2.73. The zero-order valence-electron chi connectivity index (χ0n) is 42.0. The highest BCUT2D eigenvalue weighted by atomic mass is 32.1. The van der Waals surface area contributed by atoms with Gasteiger partial charge in [-0.3, -0.25) is 39.4 Å². The monoisotopic (exact) mass is 1030 g/mol. The second-order valence-corrected chi connectivity index (χ2v) is 23.4. The van der Waals surface area contributed by atoms with Crippen LogP contribution in [0.4, 0.5) is 13.2 Å². The highest BCUT2D eigenvalue weighted by Gasteiger charge is 2.57. The summed E-state index contributed by atoms with van der Waals surface area (Å²) in [6.07, 6.45) is 3.74. The summed E-state index contributed by atoms with van der Waals surface area (Å²) >= 11 is 1.34. The van der Waals surface area contributed by atoms with Crippen LogP contribution in [0.1, 0.15) is 94.5 Å². The Hall–Kier alpha value is -4.99. The number of thiazole rings is 1. The van der Waals surface area contributed by atoms with Crippen molar-refractivity contribution in [2.45, 2.75) is 140 Å². The van der Waals surface area contributed by atoms with E-state index >= 15 is 4.79 Å². The lowest BCUT2D eigenvalue weighted by Gasteiger charge is -2.55. The summed E-state index contributed by atoms with van der Waals surface area (Å²) in [5.41, 5.74) is 5.37. The Kier molecular flexibility index (Phi) is 13.5. The quantitative estimate of drug-likeness (QED) is 0.125. The Labute approximate surface area is 427 Å². The first-order chi connectivity index (χ1) is 35.0. The van der Waals surface area contributed by atoms with Crippen molar-refractivity contribution in [1.29, 1.82) is 0 Å². The fraction of sp³-hybridized carbons (Fsp3) is 0.623. The number of pyridine rings is 1. The first kappa shape index (κ1) is 50.2. The summed E-state index contributed by atoms with van der Waals surface area (Å²) in [5, 5.41) is 11.1. The number of ether oxygens (including phenoxy) is 3. The normalized spacial score (nSPS) is 26.6. The fourth-order valence-corrected chi connectivity index (χ4v) is 13.2. The van der Waals surface area contributed by atoms with Crippen molar-refractivity contribution in [3.63, 3.8) is 0 Å². The first-order valence-electron chi connectivity index (χ1n) is 26.1. The van der Waals surface area contributed by atoms with Crippen molar-refractivity contribution in [3.05, 3.63) is 58.2 Å². The summed E-state index contributed by atoms with van der Waals surface area (Å²) in [6.45, 7) is 6.99. The molecule has 2 saturated carbocycles. The molecule has 3 aromatic heterocycles. The molecule has 4 aromatic rings. The number of benzene rings is 1. The number of carbonyl (C=O) groups excluding carboxylic acids is 4. The molecule has 0 radical (unpaired) electrons. The number of alkyl halides is 3. The fourth-order valence-electron chi connectivity index (χ4n) is 12.3. The summed E-state index contributed by atoms with van der Waals surface area (Å²) in [4.78, 5) is 71.1. The average molecular weight is 1030 g/mol. The van der Waals surface area contributed by atoms with Gasteiger partial charge in [-0.1, -0.05) is 32.8 Å². The first-order valence-corrected chi connectivity index (χ1v) is 27.0. The van der Waals surface area contributed by atoms with Gasteiger partial charge in [-0.2, -0.15) is 13.2 Å². The third kappa shape index (κ3) is 10.3. The summed E-state index contributed by atoms with van der Waals surface area (Å²) in [5.74, 6) is -0.432. The summed E-state index contributed by atoms with van der Waals surface area (Å²) in [6, 6.07) is 6.52. The Bertz CT molecular complexity index is 2770. The van der Waals surface area contributed by atoms with E-state index in [1.54, 1.807) is 37.4 Å². The SMILES string of the molecule is CO[C@@H](C)c1ncccc1-c1c2c3cc(ccc3n1CC(F)(F)F)-c1csc(n1)C[C@H](NC(=O)C(C1CCCC1)N1CCOC3(CN(C(=O)[C@@H]4NC4C4CC4)C3)C1)C(=O)N1CCC[C@H](N1)C(=O)OCC(C)(C)C2. The zero-order valence-corrected chi connectivity index (χ0v) is 42.8. The van der Waals surface area contributed by atoms with Gasteiger partial charge in [-0.25, -0.2) is 10.4 Å². The molecule has 1 aromatic carbocycles. The molecule has 6 fully saturated rings. The van der Waals surface area contributed by atoms with Gasteiger partial charge in [0.2, 0.25) is 11.8 Å². The number of cyclic esters (lactones) is 1. The van der Waals surface area contributed by atoms with Crippen molar-refractivity contribution in [1.82, 2.24) is 45.4 Å². The number of nitrogens with one attached hydrogen (secondary N) is 3. The van der Waals surface area contributed by atoms with E-state index in [1.165, 1.54) is 40.9 Å². The van der Waals surface area contributed by atoms with Crippen molar-refractivity contribution in [2.24, 2.45) is 17.3 Å². The van der Waals surface area contributed by atoms with Crippen LogP contribution in [-0.4, -0.2) is 148 Å². The minimum Gasteiger partial charge on any atom is -0.464 e. The van der Waals surface area contributed by atoms with Crippen LogP contribution in [-0.2, 0) is 52.8 Å². The number of methoxy groups -OCH3 is 1. The molecule has 11 rings (SSSR count). The van der Waals surface area contributed by atoms with E-state index in [0.29, 0.717) is 108 Å². The van der Waals surface area contributed by atoms with Crippen LogP contribution >= 0.6 is 11.3 Å². The maximum atomic E-state index is 15.1. The lowest BCUT2D eigenvalue weighted by atomic mass is 9.84. The molecule has 6 bridgehead atoms. The summed E-state index contributed by atoms with van der Waals surface area (Å²) in [7, 11) is 1.53. The number of fused-ring (bicyclic) bond motifs is 6. The van der Waals surface area contributed by atoms with Crippen LogP contribution < -0.4 is 16.1 Å². The highest BCUT2D eigenvalue weighted by molar-refractivity contribution is 7.10. The average Bonchev–Trinajstić information content (AvgIpc) is 4.24. The van der Waals surface area contributed by atoms with Crippen LogP contribution in [0.3, 0.4) is 0 Å². The standard InChI is InChI=1S/C53H66F3N9O7S/c1-30(70-4)42-34(11-7-17-57-42)46-36-23-51(2,3)29-71-50(69)37-12-8-18-65(61-37)48(67)38(22-41-58-39(24-73-41)33-15-16-40(35(36)21-33)64(46)28-53(54,55)56)59-47(66)45(32-9-5-6-10-32)62-19-20-72-52(25-62)26-63(27-52)49(68)44-43(60-44)31-13-14-31/h7,11,15-17,21,24,30-32,37-38,43-45,60-61H,5-6,8-10,12-14,18-20,22-23,25-29H2,1-4H3,(H,59,66)/t30-,37-,38-,43?,44+,45?/m0/s1. The maximum absolute atomic E-state index is 15.1. The molecule has 73 heavy (non-hydrogen) atoms. The Balaban J connectivity index is 0.926. The summed E-state index contributed by atoms with van der Waals surface area (Å²) < 4.78 is 63.7. The van der Waals surface area contributed by atoms with Crippen LogP contribution in [0.2, 0.25) is 0 Å². The Morgan fingerprint density at radius 2 is 1.84 bits per heavy atom. The number of halogens is 3. The van der Waals surface area contributed by atoms with Gasteiger partial charge in [-0.15, -0.1) is 11.3 Å². The number of rotatable bonds is 10. The number of aromatic nitrogens is 3. The zero-order chi connectivity index (χ0) is 51.0. The highest BCUT2D eigenvalue weighted by Crippen LogP contribution is 2.45. The number of amides is 3. The number of hydrazine groups is 1. The van der Waals surface area contributed by atoms with Gasteiger partial charge in [0.25, 0.3) is 5.91 Å². The van der Waals surface area contributed by atoms with Gasteiger partial charge in [0, 0.05) is 78.2 Å². The number of likely N-dealkylation sites (tertiary alicyclic amines) is 1. The predicted molar refractivity (Wildman–Crippen MR) is 266 cm³/mol.